The molecular weight excluding hydrogens is 424 g/mol. The van der Waals surface area contributed by atoms with E-state index in [0.717, 1.165) is 9.87 Å². The number of halogens is 1. The van der Waals surface area contributed by atoms with Crippen molar-refractivity contribution in [3.63, 3.8) is 0 Å². The lowest BCUT2D eigenvalue weighted by Gasteiger charge is -2.20. The molecule has 0 radical (unpaired) electrons. The summed E-state index contributed by atoms with van der Waals surface area (Å²) in [5, 5.41) is 3.26. The van der Waals surface area contributed by atoms with Gasteiger partial charge in [0.1, 0.15) is 5.75 Å². The third-order valence-corrected chi connectivity index (χ3v) is 6.60. The van der Waals surface area contributed by atoms with Crippen LogP contribution < -0.4 is 14.4 Å². The van der Waals surface area contributed by atoms with Crippen LogP contribution in [0.4, 0.5) is 11.4 Å². The number of hydrogen-bond acceptors (Lipinski definition) is 4. The zero-order chi connectivity index (χ0) is 21.9. The van der Waals surface area contributed by atoms with E-state index < -0.39 is 10.0 Å². The predicted octanol–water partition coefficient (Wildman–Crippen LogP) is 4.73. The minimum Gasteiger partial charge on any atom is -0.495 e. The summed E-state index contributed by atoms with van der Waals surface area (Å²) < 4.78 is 32.2. The van der Waals surface area contributed by atoms with Crippen LogP contribution in [-0.4, -0.2) is 28.5 Å². The Labute approximate surface area is 181 Å². The van der Waals surface area contributed by atoms with Crippen LogP contribution in [-0.2, 0) is 10.0 Å². The molecule has 0 unspecified atom stereocenters. The van der Waals surface area contributed by atoms with Gasteiger partial charge >= 0.3 is 0 Å². The van der Waals surface area contributed by atoms with Gasteiger partial charge in [-0.3, -0.25) is 9.10 Å². The lowest BCUT2D eigenvalue weighted by Crippen LogP contribution is -2.26. The fourth-order valence-corrected chi connectivity index (χ4v) is 4.17. The number of carbonyl (C=O) groups excluding carboxylic acids is 1. The molecule has 3 aromatic rings. The quantitative estimate of drug-likeness (QED) is 0.596. The highest BCUT2D eigenvalue weighted by Crippen LogP contribution is 2.27. The van der Waals surface area contributed by atoms with Gasteiger partial charge in [-0.15, -0.1) is 0 Å². The van der Waals surface area contributed by atoms with E-state index in [1.54, 1.807) is 30.3 Å². The maximum atomic E-state index is 12.9. The Hall–Kier alpha value is -3.03. The van der Waals surface area contributed by atoms with E-state index in [4.69, 9.17) is 16.3 Å². The van der Waals surface area contributed by atoms with Crippen LogP contribution in [0.3, 0.4) is 0 Å². The molecule has 1 N–H and O–H groups in total. The molecule has 3 rings (SSSR count). The van der Waals surface area contributed by atoms with Gasteiger partial charge in [0.05, 0.1) is 23.4 Å². The van der Waals surface area contributed by atoms with Gasteiger partial charge in [-0.2, -0.15) is 0 Å². The summed E-state index contributed by atoms with van der Waals surface area (Å²) in [7, 11) is -0.843. The Morgan fingerprint density at radius 2 is 1.73 bits per heavy atom. The Balaban J connectivity index is 1.88. The van der Waals surface area contributed by atoms with Gasteiger partial charge in [0.2, 0.25) is 0 Å². The zero-order valence-electron chi connectivity index (χ0n) is 16.7. The lowest BCUT2D eigenvalue weighted by molar-refractivity contribution is 0.102. The molecule has 30 heavy (non-hydrogen) atoms. The van der Waals surface area contributed by atoms with E-state index in [-0.39, 0.29) is 10.8 Å². The smallest absolute Gasteiger partial charge is 0.264 e. The molecule has 0 aliphatic rings. The average Bonchev–Trinajstić information content (AvgIpc) is 2.73. The number of nitrogens with one attached hydrogen (secondary N) is 1. The summed E-state index contributed by atoms with van der Waals surface area (Å²) in [6.07, 6.45) is 0. The van der Waals surface area contributed by atoms with Crippen molar-refractivity contribution in [2.75, 3.05) is 23.8 Å². The van der Waals surface area contributed by atoms with Gasteiger partial charge in [-0.05, 0) is 67.1 Å². The van der Waals surface area contributed by atoms with Gasteiger partial charge in [0.15, 0.2) is 0 Å². The van der Waals surface area contributed by atoms with Gasteiger partial charge in [0, 0.05) is 17.6 Å². The van der Waals surface area contributed by atoms with E-state index in [1.807, 2.05) is 13.0 Å². The van der Waals surface area contributed by atoms with Crippen LogP contribution in [0.25, 0.3) is 0 Å². The number of methoxy groups -OCH3 is 1. The summed E-state index contributed by atoms with van der Waals surface area (Å²) in [6, 6.07) is 17.8. The number of aryl methyl sites for hydroxylation is 1. The first kappa shape index (κ1) is 21.7. The van der Waals surface area contributed by atoms with E-state index in [0.29, 0.717) is 27.7 Å². The molecule has 8 heteroatoms. The fraction of sp³-hybridized carbons (Fsp3) is 0.136. The third kappa shape index (κ3) is 4.58. The molecular formula is C22H21ClN2O4S. The Bertz CT molecular complexity index is 1180. The zero-order valence-corrected chi connectivity index (χ0v) is 18.3. The normalized spacial score (nSPS) is 11.1. The summed E-state index contributed by atoms with van der Waals surface area (Å²) in [4.78, 5) is 12.9. The number of anilines is 2. The minimum atomic E-state index is -3.80. The number of carbonyl (C=O) groups is 1. The molecule has 0 fully saturated rings. The summed E-state index contributed by atoms with van der Waals surface area (Å²) >= 11 is 5.85. The molecule has 156 valence electrons. The van der Waals surface area contributed by atoms with Crippen LogP contribution in [0.2, 0.25) is 5.02 Å². The maximum Gasteiger partial charge on any atom is 0.264 e. The largest absolute Gasteiger partial charge is 0.495 e. The topological polar surface area (TPSA) is 75.7 Å². The Morgan fingerprint density at radius 3 is 2.40 bits per heavy atom. The van der Waals surface area contributed by atoms with Crippen molar-refractivity contribution in [2.24, 2.45) is 0 Å². The summed E-state index contributed by atoms with van der Waals surface area (Å²) in [6.45, 7) is 1.91. The van der Waals surface area contributed by atoms with Crippen molar-refractivity contribution in [1.29, 1.82) is 0 Å². The average molecular weight is 445 g/mol. The number of amides is 1. The van der Waals surface area contributed by atoms with Gasteiger partial charge < -0.3 is 10.1 Å². The predicted molar refractivity (Wildman–Crippen MR) is 119 cm³/mol. The number of ether oxygens (including phenoxy) is 1. The van der Waals surface area contributed by atoms with Crippen LogP contribution >= 0.6 is 11.6 Å². The second kappa shape index (κ2) is 8.77. The van der Waals surface area contributed by atoms with Gasteiger partial charge in [-0.1, -0.05) is 23.7 Å². The molecule has 0 aromatic heterocycles. The third-order valence-electron chi connectivity index (χ3n) is 4.55. The Kier molecular flexibility index (Phi) is 6.34. The number of hydrogen-bond donors (Lipinski definition) is 1. The molecule has 0 atom stereocenters. The molecule has 0 spiro atoms. The number of benzene rings is 3. The van der Waals surface area contributed by atoms with Crippen LogP contribution in [0.5, 0.6) is 5.75 Å². The van der Waals surface area contributed by atoms with Crippen molar-refractivity contribution in [2.45, 2.75) is 11.8 Å². The number of nitrogens with zero attached hydrogens (tertiary/aromatic N) is 1. The molecule has 3 aromatic carbocycles. The number of rotatable bonds is 6. The Morgan fingerprint density at radius 1 is 1.03 bits per heavy atom. The molecule has 0 aliphatic carbocycles. The van der Waals surface area contributed by atoms with E-state index in [2.05, 4.69) is 5.32 Å². The SMILES string of the molecule is COc1ccc(C)cc1NC(=O)c1cccc(N(C)S(=O)(=O)c2ccc(Cl)cc2)c1. The fourth-order valence-electron chi connectivity index (χ4n) is 2.86. The van der Waals surface area contributed by atoms with E-state index in [9.17, 15) is 13.2 Å². The van der Waals surface area contributed by atoms with Crippen molar-refractivity contribution < 1.29 is 17.9 Å². The summed E-state index contributed by atoms with van der Waals surface area (Å²) in [5.41, 5.74) is 2.17. The first-order valence-corrected chi connectivity index (χ1v) is 10.8. The standard InChI is InChI=1S/C22H21ClN2O4S/c1-15-7-12-21(29-3)20(13-15)24-22(26)16-5-4-6-18(14-16)25(2)30(27,28)19-10-8-17(23)9-11-19/h4-14H,1-3H3,(H,24,26). The van der Waals surface area contributed by atoms with Crippen molar-refractivity contribution in [3.8, 4) is 5.75 Å². The number of sulfonamides is 1. The molecule has 0 bridgehead atoms. The molecule has 6 nitrogen and oxygen atoms in total. The van der Waals surface area contributed by atoms with E-state index in [1.165, 1.54) is 44.5 Å². The molecule has 0 heterocycles. The lowest BCUT2D eigenvalue weighted by atomic mass is 10.1. The van der Waals surface area contributed by atoms with Gasteiger partial charge in [0.25, 0.3) is 15.9 Å². The maximum absolute atomic E-state index is 12.9. The molecule has 0 aliphatic heterocycles. The van der Waals surface area contributed by atoms with Crippen molar-refractivity contribution in [3.05, 3.63) is 82.9 Å². The first-order valence-electron chi connectivity index (χ1n) is 9.03. The molecule has 0 saturated heterocycles. The first-order chi connectivity index (χ1) is 14.2. The van der Waals surface area contributed by atoms with Crippen LogP contribution in [0.15, 0.2) is 71.6 Å². The second-order valence-electron chi connectivity index (χ2n) is 6.63. The molecule has 1 amide bonds. The molecule has 0 saturated carbocycles. The van der Waals surface area contributed by atoms with Crippen LogP contribution in [0, 0.1) is 6.92 Å². The monoisotopic (exact) mass is 444 g/mol. The van der Waals surface area contributed by atoms with Crippen molar-refractivity contribution in [1.82, 2.24) is 0 Å². The highest BCUT2D eigenvalue weighted by atomic mass is 35.5. The second-order valence-corrected chi connectivity index (χ2v) is 9.04. The highest BCUT2D eigenvalue weighted by molar-refractivity contribution is 7.92. The minimum absolute atomic E-state index is 0.105. The summed E-state index contributed by atoms with van der Waals surface area (Å²) in [5.74, 6) is 0.158. The van der Waals surface area contributed by atoms with Crippen molar-refractivity contribution >= 4 is 38.9 Å². The van der Waals surface area contributed by atoms with E-state index >= 15 is 0 Å². The van der Waals surface area contributed by atoms with Gasteiger partial charge in [-0.25, -0.2) is 8.42 Å². The highest BCUT2D eigenvalue weighted by Gasteiger charge is 2.22. The van der Waals surface area contributed by atoms with Crippen LogP contribution in [0.1, 0.15) is 15.9 Å².